The first-order valence-corrected chi connectivity index (χ1v) is 6.39. The normalized spacial score (nSPS) is 14.0. The van der Waals surface area contributed by atoms with Gasteiger partial charge in [0.05, 0.1) is 0 Å². The minimum atomic E-state index is -4.81. The SMILES string of the molecule is O=P(O)(O)P(O)(O)=S. The van der Waals surface area contributed by atoms with E-state index in [1.54, 1.807) is 0 Å². The fourth-order valence-corrected chi connectivity index (χ4v) is 0. The number of hydrogen-bond donors (Lipinski definition) is 4. The van der Waals surface area contributed by atoms with Crippen molar-refractivity contribution in [3.05, 3.63) is 0 Å². The molecular weight excluding hydrogens is 174 g/mol. The Kier molecular flexibility index (Phi) is 2.35. The van der Waals surface area contributed by atoms with Crippen LogP contribution >= 0.6 is 13.5 Å². The minimum Gasteiger partial charge on any atom is -0.337 e. The smallest absolute Gasteiger partial charge is 0.337 e. The van der Waals surface area contributed by atoms with Crippen molar-refractivity contribution >= 4 is 25.3 Å². The van der Waals surface area contributed by atoms with Crippen molar-refractivity contribution in [2.24, 2.45) is 0 Å². The molecular formula is H4O5P2S. The Labute approximate surface area is 50.2 Å². The maximum absolute atomic E-state index is 9.79. The summed E-state index contributed by atoms with van der Waals surface area (Å²) in [6.07, 6.45) is -4.35. The monoisotopic (exact) mass is 178 g/mol. The van der Waals surface area contributed by atoms with E-state index >= 15 is 0 Å². The van der Waals surface area contributed by atoms with Crippen molar-refractivity contribution in [1.82, 2.24) is 0 Å². The van der Waals surface area contributed by atoms with E-state index in [2.05, 4.69) is 11.8 Å². The van der Waals surface area contributed by atoms with Gasteiger partial charge < -0.3 is 19.6 Å². The van der Waals surface area contributed by atoms with Gasteiger partial charge in [-0.2, -0.15) is 0 Å². The van der Waals surface area contributed by atoms with Gasteiger partial charge in [0.25, 0.3) is 6.18 Å². The molecule has 0 unspecified atom stereocenters. The molecule has 0 heterocycles. The fraction of sp³-hybridized carbons (Fsp3) is 0. The summed E-state index contributed by atoms with van der Waals surface area (Å²) in [6.45, 7) is 0. The minimum absolute atomic E-state index is 3.68. The van der Waals surface area contributed by atoms with Crippen LogP contribution in [-0.2, 0) is 16.4 Å². The molecule has 0 fully saturated rings. The molecule has 0 aromatic rings. The summed E-state index contributed by atoms with van der Waals surface area (Å²) in [6, 6.07) is 0. The van der Waals surface area contributed by atoms with E-state index in [4.69, 9.17) is 19.6 Å². The van der Waals surface area contributed by atoms with Crippen LogP contribution < -0.4 is 0 Å². The molecule has 0 amide bonds. The molecule has 0 aliphatic rings. The van der Waals surface area contributed by atoms with Gasteiger partial charge in [-0.15, -0.1) is 0 Å². The molecule has 0 rings (SSSR count). The highest BCUT2D eigenvalue weighted by molar-refractivity contribution is 8.46. The summed E-state index contributed by atoms with van der Waals surface area (Å²) in [5, 5.41) is 0. The second-order valence-electron chi connectivity index (χ2n) is 1.03. The molecule has 0 spiro atoms. The van der Waals surface area contributed by atoms with Crippen LogP contribution in [0, 0.1) is 0 Å². The molecule has 8 heteroatoms. The van der Waals surface area contributed by atoms with Crippen LogP contribution in [0.4, 0.5) is 0 Å². The van der Waals surface area contributed by atoms with E-state index in [9.17, 15) is 4.57 Å². The molecule has 0 radical (unpaired) electrons. The summed E-state index contributed by atoms with van der Waals surface area (Å²) >= 11 is 3.68. The molecule has 0 aliphatic heterocycles. The molecule has 4 N–H and O–H groups in total. The molecule has 0 saturated heterocycles. The van der Waals surface area contributed by atoms with Crippen LogP contribution in [0.15, 0.2) is 0 Å². The van der Waals surface area contributed by atoms with Crippen molar-refractivity contribution in [3.63, 3.8) is 0 Å². The zero-order chi connectivity index (χ0) is 7.00. The number of rotatable bonds is 1. The summed E-state index contributed by atoms with van der Waals surface area (Å²) in [7, 11) is -4.81. The lowest BCUT2D eigenvalue weighted by Gasteiger charge is -2.06. The summed E-state index contributed by atoms with van der Waals surface area (Å²) in [5.74, 6) is 0. The summed E-state index contributed by atoms with van der Waals surface area (Å²) < 4.78 is 9.79. The van der Waals surface area contributed by atoms with Gasteiger partial charge in [0.2, 0.25) is 0 Å². The van der Waals surface area contributed by atoms with Crippen molar-refractivity contribution in [3.8, 4) is 0 Å². The first-order chi connectivity index (χ1) is 3.25. The average molecular weight is 178 g/mol. The molecule has 50 valence electrons. The third-order valence-corrected chi connectivity index (χ3v) is 4.97. The number of hydrogen-bond acceptors (Lipinski definition) is 2. The third-order valence-electron chi connectivity index (χ3n) is 0.339. The Morgan fingerprint density at radius 3 is 1.25 bits per heavy atom. The zero-order valence-electron chi connectivity index (χ0n) is 3.50. The summed E-state index contributed by atoms with van der Waals surface area (Å²) in [5.41, 5.74) is 0. The van der Waals surface area contributed by atoms with Crippen LogP contribution in [0.25, 0.3) is 0 Å². The second-order valence-corrected chi connectivity index (χ2v) is 8.66. The van der Waals surface area contributed by atoms with Crippen LogP contribution in [0.3, 0.4) is 0 Å². The molecule has 0 bridgehead atoms. The van der Waals surface area contributed by atoms with E-state index in [-0.39, 0.29) is 0 Å². The lowest BCUT2D eigenvalue weighted by Crippen LogP contribution is -1.77. The van der Waals surface area contributed by atoms with Gasteiger partial charge in [-0.1, -0.05) is 0 Å². The average Bonchev–Trinajstić information content (AvgIpc) is 1.25. The largest absolute Gasteiger partial charge is 0.406 e. The third kappa shape index (κ3) is 2.33. The van der Waals surface area contributed by atoms with Gasteiger partial charge in [0.15, 0.2) is 0 Å². The molecule has 5 nitrogen and oxygen atoms in total. The van der Waals surface area contributed by atoms with Gasteiger partial charge in [-0.25, -0.2) is 4.57 Å². The van der Waals surface area contributed by atoms with Crippen LogP contribution in [0.2, 0.25) is 0 Å². The zero-order valence-corrected chi connectivity index (χ0v) is 6.11. The van der Waals surface area contributed by atoms with Gasteiger partial charge in [0, 0.05) is 0 Å². The first kappa shape index (κ1) is 8.72. The van der Waals surface area contributed by atoms with Crippen LogP contribution in [0.5, 0.6) is 0 Å². The Hall–Kier alpha value is 0.720. The fourth-order valence-electron chi connectivity index (χ4n) is 0. The van der Waals surface area contributed by atoms with Gasteiger partial charge >= 0.3 is 7.28 Å². The highest BCUT2D eigenvalue weighted by Gasteiger charge is 2.32. The maximum Gasteiger partial charge on any atom is 0.406 e. The van der Waals surface area contributed by atoms with Gasteiger partial charge in [-0.05, 0) is 11.8 Å². The molecule has 0 atom stereocenters. The quantitative estimate of drug-likeness (QED) is 0.399. The topological polar surface area (TPSA) is 98.0 Å². The van der Waals surface area contributed by atoms with E-state index < -0.39 is 13.5 Å². The molecule has 0 aliphatic carbocycles. The standard InChI is InChI=1S/H4O5P2S/c1-6(2,3)7(4,5)8/h(H2,1,2,3)(H2,4,5,8). The van der Waals surface area contributed by atoms with Crippen molar-refractivity contribution in [1.29, 1.82) is 0 Å². The predicted molar refractivity (Wildman–Crippen MR) is 30.8 cm³/mol. The van der Waals surface area contributed by atoms with Crippen molar-refractivity contribution in [2.75, 3.05) is 0 Å². The maximum atomic E-state index is 9.79. The van der Waals surface area contributed by atoms with E-state index in [1.807, 2.05) is 0 Å². The summed E-state index contributed by atoms with van der Waals surface area (Å²) in [4.78, 5) is 32.0. The lowest BCUT2D eigenvalue weighted by molar-refractivity contribution is 0.375. The first-order valence-electron chi connectivity index (χ1n) is 1.37. The van der Waals surface area contributed by atoms with E-state index in [0.29, 0.717) is 0 Å². The lowest BCUT2D eigenvalue weighted by atomic mass is 15.8. The van der Waals surface area contributed by atoms with E-state index in [0.717, 1.165) is 0 Å². The molecule has 0 aromatic heterocycles. The van der Waals surface area contributed by atoms with Gasteiger partial charge in [0.1, 0.15) is 0 Å². The van der Waals surface area contributed by atoms with Crippen LogP contribution in [0.1, 0.15) is 0 Å². The predicted octanol–water partition coefficient (Wildman–Crippen LogP) is -0.627. The molecule has 0 aromatic carbocycles. The Balaban J connectivity index is 4.53. The van der Waals surface area contributed by atoms with E-state index in [1.165, 1.54) is 0 Å². The highest BCUT2D eigenvalue weighted by Crippen LogP contribution is 2.71. The molecule has 0 saturated carbocycles. The van der Waals surface area contributed by atoms with Gasteiger partial charge in [-0.3, -0.25) is 0 Å². The Morgan fingerprint density at radius 2 is 1.25 bits per heavy atom. The second kappa shape index (κ2) is 2.15. The van der Waals surface area contributed by atoms with Crippen LogP contribution in [-0.4, -0.2) is 19.6 Å². The molecule has 8 heavy (non-hydrogen) atoms. The van der Waals surface area contributed by atoms with Crippen molar-refractivity contribution in [2.45, 2.75) is 0 Å². The highest BCUT2D eigenvalue weighted by atomic mass is 32.6. The van der Waals surface area contributed by atoms with Crippen molar-refractivity contribution < 1.29 is 24.1 Å². The Morgan fingerprint density at radius 1 is 1.12 bits per heavy atom. The Bertz CT molecular complexity index is 139.